The normalized spacial score (nSPS) is 20.0. The second kappa shape index (κ2) is 4.18. The van der Waals surface area contributed by atoms with Gasteiger partial charge in [0.05, 0.1) is 13.2 Å². The van der Waals surface area contributed by atoms with Crippen LogP contribution in [0.3, 0.4) is 0 Å². The molecule has 0 atom stereocenters. The zero-order valence-electron chi connectivity index (χ0n) is 7.71. The molecule has 12 heavy (non-hydrogen) atoms. The van der Waals surface area contributed by atoms with Crippen LogP contribution in [0, 0.1) is 0 Å². The van der Waals surface area contributed by atoms with Crippen LogP contribution in [0.1, 0.15) is 12.8 Å². The lowest BCUT2D eigenvalue weighted by Gasteiger charge is -2.15. The summed E-state index contributed by atoms with van der Waals surface area (Å²) in [5.41, 5.74) is 5.76. The molecule has 0 saturated heterocycles. The minimum atomic E-state index is -0.271. The predicted molar refractivity (Wildman–Crippen MR) is 44.8 cm³/mol. The Balaban J connectivity index is 2.00. The zero-order chi connectivity index (χ0) is 9.03. The maximum Gasteiger partial charge on any atom is 0.180 e. The molecule has 72 valence electrons. The van der Waals surface area contributed by atoms with Crippen LogP contribution in [0.5, 0.6) is 0 Å². The molecule has 1 aliphatic rings. The lowest BCUT2D eigenvalue weighted by Crippen LogP contribution is -2.31. The minimum Gasteiger partial charge on any atom is -0.374 e. The van der Waals surface area contributed by atoms with Crippen molar-refractivity contribution in [2.75, 3.05) is 27.4 Å². The number of ether oxygens (including phenoxy) is 3. The third-order valence-electron chi connectivity index (χ3n) is 2.06. The van der Waals surface area contributed by atoms with Crippen LogP contribution in [0.15, 0.2) is 0 Å². The van der Waals surface area contributed by atoms with Gasteiger partial charge in [0.25, 0.3) is 0 Å². The summed E-state index contributed by atoms with van der Waals surface area (Å²) >= 11 is 0. The molecule has 0 aromatic rings. The second-order valence-electron chi connectivity index (χ2n) is 3.28. The van der Waals surface area contributed by atoms with Crippen LogP contribution in [0.4, 0.5) is 0 Å². The van der Waals surface area contributed by atoms with E-state index in [1.165, 1.54) is 0 Å². The average molecular weight is 175 g/mol. The highest BCUT2D eigenvalue weighted by atomic mass is 16.7. The molecule has 0 heterocycles. The quantitative estimate of drug-likeness (QED) is 0.582. The smallest absolute Gasteiger partial charge is 0.180 e. The summed E-state index contributed by atoms with van der Waals surface area (Å²) in [5.74, 6) is 0. The van der Waals surface area contributed by atoms with E-state index in [-0.39, 0.29) is 11.8 Å². The lowest BCUT2D eigenvalue weighted by molar-refractivity contribution is -0.141. The molecule has 0 bridgehead atoms. The maximum absolute atomic E-state index is 5.81. The molecule has 0 aromatic heterocycles. The van der Waals surface area contributed by atoms with Gasteiger partial charge in [-0.15, -0.1) is 0 Å². The standard InChI is InChI=1S/C8H17NO3/c1-10-7(11-2)5-12-6-8(9)3-4-8/h7H,3-6,9H2,1-2H3. The van der Waals surface area contributed by atoms with E-state index in [4.69, 9.17) is 19.9 Å². The summed E-state index contributed by atoms with van der Waals surface area (Å²) < 4.78 is 15.2. The summed E-state index contributed by atoms with van der Waals surface area (Å²) in [4.78, 5) is 0. The highest BCUT2D eigenvalue weighted by Gasteiger charge is 2.38. The zero-order valence-corrected chi connectivity index (χ0v) is 7.71. The van der Waals surface area contributed by atoms with Gasteiger partial charge in [-0.1, -0.05) is 0 Å². The Hall–Kier alpha value is -0.160. The predicted octanol–water partition coefficient (Wildman–Crippen LogP) is 0.113. The average Bonchev–Trinajstić information content (AvgIpc) is 2.78. The van der Waals surface area contributed by atoms with Crippen LogP contribution in [0.25, 0.3) is 0 Å². The first-order valence-corrected chi connectivity index (χ1v) is 4.12. The molecule has 1 aliphatic carbocycles. The maximum atomic E-state index is 5.81. The third-order valence-corrected chi connectivity index (χ3v) is 2.06. The van der Waals surface area contributed by atoms with E-state index in [1.54, 1.807) is 14.2 Å². The minimum absolute atomic E-state index is 0.0496. The van der Waals surface area contributed by atoms with Crippen molar-refractivity contribution in [1.82, 2.24) is 0 Å². The summed E-state index contributed by atoms with van der Waals surface area (Å²) in [6, 6.07) is 0. The van der Waals surface area contributed by atoms with E-state index in [9.17, 15) is 0 Å². The van der Waals surface area contributed by atoms with Crippen molar-refractivity contribution in [3.05, 3.63) is 0 Å². The molecule has 1 saturated carbocycles. The van der Waals surface area contributed by atoms with Gasteiger partial charge in [0.1, 0.15) is 0 Å². The van der Waals surface area contributed by atoms with Gasteiger partial charge in [0.15, 0.2) is 6.29 Å². The largest absolute Gasteiger partial charge is 0.374 e. The van der Waals surface area contributed by atoms with Gasteiger partial charge >= 0.3 is 0 Å². The molecule has 0 aliphatic heterocycles. The Kier molecular flexibility index (Phi) is 3.46. The highest BCUT2D eigenvalue weighted by molar-refractivity contribution is 4.98. The van der Waals surface area contributed by atoms with E-state index in [0.29, 0.717) is 13.2 Å². The molecular weight excluding hydrogens is 158 g/mol. The Morgan fingerprint density at radius 3 is 2.33 bits per heavy atom. The SMILES string of the molecule is COC(COCC1(N)CC1)OC. The fourth-order valence-corrected chi connectivity index (χ4v) is 0.896. The van der Waals surface area contributed by atoms with E-state index >= 15 is 0 Å². The molecular formula is C8H17NO3. The van der Waals surface area contributed by atoms with Crippen LogP contribution in [0.2, 0.25) is 0 Å². The van der Waals surface area contributed by atoms with Gasteiger partial charge in [-0.05, 0) is 12.8 Å². The first-order chi connectivity index (χ1) is 5.70. The van der Waals surface area contributed by atoms with Gasteiger partial charge < -0.3 is 19.9 Å². The third kappa shape index (κ3) is 3.06. The number of hydrogen-bond acceptors (Lipinski definition) is 4. The number of nitrogens with two attached hydrogens (primary N) is 1. The number of methoxy groups -OCH3 is 2. The van der Waals surface area contributed by atoms with Crippen LogP contribution >= 0.6 is 0 Å². The lowest BCUT2D eigenvalue weighted by atomic mass is 10.3. The van der Waals surface area contributed by atoms with Gasteiger partial charge in [-0.3, -0.25) is 0 Å². The molecule has 0 unspecified atom stereocenters. The van der Waals surface area contributed by atoms with Gasteiger partial charge in [-0.2, -0.15) is 0 Å². The fourth-order valence-electron chi connectivity index (χ4n) is 0.896. The van der Waals surface area contributed by atoms with E-state index < -0.39 is 0 Å². The van der Waals surface area contributed by atoms with Crippen molar-refractivity contribution in [3.63, 3.8) is 0 Å². The molecule has 0 radical (unpaired) electrons. The van der Waals surface area contributed by atoms with Gasteiger partial charge in [-0.25, -0.2) is 0 Å². The number of rotatable bonds is 6. The molecule has 0 spiro atoms. The van der Waals surface area contributed by atoms with Crippen molar-refractivity contribution >= 4 is 0 Å². The van der Waals surface area contributed by atoms with Crippen molar-refractivity contribution in [2.24, 2.45) is 5.73 Å². The molecule has 0 amide bonds. The summed E-state index contributed by atoms with van der Waals surface area (Å²) in [6.07, 6.45) is 1.86. The Labute approximate surface area is 73.0 Å². The van der Waals surface area contributed by atoms with Crippen molar-refractivity contribution < 1.29 is 14.2 Å². The molecule has 4 nitrogen and oxygen atoms in total. The second-order valence-corrected chi connectivity index (χ2v) is 3.28. The van der Waals surface area contributed by atoms with E-state index in [1.807, 2.05) is 0 Å². The van der Waals surface area contributed by atoms with E-state index in [0.717, 1.165) is 12.8 Å². The first kappa shape index (κ1) is 9.92. The van der Waals surface area contributed by atoms with Crippen LogP contribution in [-0.2, 0) is 14.2 Å². The topological polar surface area (TPSA) is 53.7 Å². The summed E-state index contributed by atoms with van der Waals surface area (Å²) in [6.45, 7) is 1.06. The molecule has 1 rings (SSSR count). The number of hydrogen-bond donors (Lipinski definition) is 1. The Bertz CT molecular complexity index is 132. The molecule has 1 fully saturated rings. The first-order valence-electron chi connectivity index (χ1n) is 4.12. The van der Waals surface area contributed by atoms with Crippen molar-refractivity contribution in [3.8, 4) is 0 Å². The Morgan fingerprint density at radius 1 is 1.33 bits per heavy atom. The summed E-state index contributed by atoms with van der Waals surface area (Å²) in [7, 11) is 3.18. The van der Waals surface area contributed by atoms with E-state index in [2.05, 4.69) is 0 Å². The van der Waals surface area contributed by atoms with Crippen molar-refractivity contribution in [2.45, 2.75) is 24.7 Å². The van der Waals surface area contributed by atoms with Crippen LogP contribution in [-0.4, -0.2) is 39.3 Å². The van der Waals surface area contributed by atoms with Gasteiger partial charge in [0, 0.05) is 19.8 Å². The van der Waals surface area contributed by atoms with Crippen molar-refractivity contribution in [1.29, 1.82) is 0 Å². The molecule has 4 heteroatoms. The Morgan fingerprint density at radius 2 is 1.92 bits per heavy atom. The molecule has 2 N–H and O–H groups in total. The molecule has 0 aromatic carbocycles. The van der Waals surface area contributed by atoms with Gasteiger partial charge in [0.2, 0.25) is 0 Å². The highest BCUT2D eigenvalue weighted by Crippen LogP contribution is 2.32. The summed E-state index contributed by atoms with van der Waals surface area (Å²) in [5, 5.41) is 0. The monoisotopic (exact) mass is 175 g/mol. The fraction of sp³-hybridized carbons (Fsp3) is 1.00. The van der Waals surface area contributed by atoms with Crippen LogP contribution < -0.4 is 5.73 Å².